The molecule has 0 spiro atoms. The maximum absolute atomic E-state index is 4.96. The molecule has 6 nitrogen and oxygen atoms in total. The Labute approximate surface area is 221 Å². The fraction of sp³-hybridized carbons (Fsp3) is 0.323. The van der Waals surface area contributed by atoms with Crippen LogP contribution in [0.2, 0.25) is 0 Å². The quantitative estimate of drug-likeness (QED) is 0.340. The number of nitrogens with zero attached hydrogens (tertiary/aromatic N) is 6. The van der Waals surface area contributed by atoms with E-state index in [0.29, 0.717) is 0 Å². The van der Waals surface area contributed by atoms with Crippen LogP contribution in [0.15, 0.2) is 78.8 Å². The Balaban J connectivity index is 1.75. The van der Waals surface area contributed by atoms with Crippen molar-refractivity contribution >= 4 is 22.4 Å². The van der Waals surface area contributed by atoms with E-state index in [1.807, 2.05) is 45.0 Å². The van der Waals surface area contributed by atoms with Gasteiger partial charge in [0, 0.05) is 41.8 Å². The fourth-order valence-electron chi connectivity index (χ4n) is 5.17. The molecule has 2 aromatic heterocycles. The monoisotopic (exact) mass is 494 g/mol. The molecule has 0 saturated heterocycles. The van der Waals surface area contributed by atoms with Gasteiger partial charge in [-0.05, 0) is 85.2 Å². The van der Waals surface area contributed by atoms with E-state index in [4.69, 9.17) is 10.1 Å². The van der Waals surface area contributed by atoms with Gasteiger partial charge in [-0.1, -0.05) is 30.4 Å². The lowest BCUT2D eigenvalue weighted by Gasteiger charge is -2.38. The Kier molecular flexibility index (Phi) is 7.48. The second kappa shape index (κ2) is 10.6. The molecule has 1 aliphatic heterocycles. The van der Waals surface area contributed by atoms with Gasteiger partial charge in [0.25, 0.3) is 0 Å². The number of para-hydroxylation sites is 1. The largest absolute Gasteiger partial charge is 0.363 e. The van der Waals surface area contributed by atoms with Crippen LogP contribution in [0.1, 0.15) is 57.4 Å². The van der Waals surface area contributed by atoms with E-state index in [9.17, 15) is 0 Å². The first-order valence-corrected chi connectivity index (χ1v) is 12.8. The minimum atomic E-state index is -0.292. The van der Waals surface area contributed by atoms with E-state index in [0.717, 1.165) is 46.2 Å². The van der Waals surface area contributed by atoms with E-state index in [1.54, 1.807) is 0 Å². The number of fused-ring (bicyclic) bond motifs is 1. The van der Waals surface area contributed by atoms with Gasteiger partial charge in [-0.2, -0.15) is 5.10 Å². The van der Waals surface area contributed by atoms with Gasteiger partial charge in [-0.25, -0.2) is 14.6 Å². The van der Waals surface area contributed by atoms with E-state index in [2.05, 4.69) is 103 Å². The van der Waals surface area contributed by atoms with Gasteiger partial charge in [0.1, 0.15) is 11.6 Å². The van der Waals surface area contributed by atoms with Gasteiger partial charge in [0.05, 0.1) is 22.4 Å². The third kappa shape index (κ3) is 5.15. The number of rotatable bonds is 6. The molecule has 0 radical (unpaired) electrons. The van der Waals surface area contributed by atoms with Crippen molar-refractivity contribution in [1.29, 1.82) is 0 Å². The summed E-state index contributed by atoms with van der Waals surface area (Å²) < 4.78 is 2.05. The Hall–Kier alpha value is -3.93. The summed E-state index contributed by atoms with van der Waals surface area (Å²) in [5.74, 6) is 1.65. The van der Waals surface area contributed by atoms with Crippen LogP contribution in [0, 0.1) is 20.8 Å². The van der Waals surface area contributed by atoms with Gasteiger partial charge >= 0.3 is 0 Å². The average molecular weight is 495 g/mol. The summed E-state index contributed by atoms with van der Waals surface area (Å²) in [6.45, 7) is 17.8. The highest BCUT2D eigenvalue weighted by Crippen LogP contribution is 2.36. The molecule has 1 aromatic carbocycles. The molecule has 0 fully saturated rings. The van der Waals surface area contributed by atoms with Crippen molar-refractivity contribution in [2.45, 2.75) is 60.9 Å². The number of anilines is 1. The summed E-state index contributed by atoms with van der Waals surface area (Å²) in [5.41, 5.74) is 6.35. The highest BCUT2D eigenvalue weighted by molar-refractivity contribution is 5.90. The summed E-state index contributed by atoms with van der Waals surface area (Å²) in [4.78, 5) is 13.9. The highest BCUT2D eigenvalue weighted by Gasteiger charge is 2.34. The highest BCUT2D eigenvalue weighted by atomic mass is 15.3. The Morgan fingerprint density at radius 2 is 1.73 bits per heavy atom. The molecule has 3 aromatic rings. The van der Waals surface area contributed by atoms with Crippen LogP contribution in [0.25, 0.3) is 16.6 Å². The minimum Gasteiger partial charge on any atom is -0.363 e. The van der Waals surface area contributed by atoms with Crippen molar-refractivity contribution in [2.24, 2.45) is 0 Å². The first-order chi connectivity index (χ1) is 17.7. The van der Waals surface area contributed by atoms with Gasteiger partial charge in [0.2, 0.25) is 0 Å². The van der Waals surface area contributed by atoms with E-state index >= 15 is 0 Å². The predicted octanol–water partition coefficient (Wildman–Crippen LogP) is 7.18. The average Bonchev–Trinajstić information content (AvgIpc) is 3.02. The van der Waals surface area contributed by atoms with Gasteiger partial charge in [-0.3, -0.25) is 0 Å². The second-order valence-electron chi connectivity index (χ2n) is 10.1. The maximum Gasteiger partial charge on any atom is 0.148 e. The predicted molar refractivity (Wildman–Crippen MR) is 155 cm³/mol. The number of aromatic nitrogens is 4. The third-order valence-corrected chi connectivity index (χ3v) is 6.79. The van der Waals surface area contributed by atoms with Crippen molar-refractivity contribution in [3.05, 3.63) is 102 Å². The third-order valence-electron chi connectivity index (χ3n) is 6.79. The van der Waals surface area contributed by atoms with Crippen molar-refractivity contribution in [3.63, 3.8) is 0 Å². The lowest BCUT2D eigenvalue weighted by atomic mass is 9.90. The molecule has 37 heavy (non-hydrogen) atoms. The molecule has 0 bridgehead atoms. The molecule has 0 saturated carbocycles. The fourth-order valence-corrected chi connectivity index (χ4v) is 5.17. The summed E-state index contributed by atoms with van der Waals surface area (Å²) >= 11 is 0. The van der Waals surface area contributed by atoms with E-state index in [1.165, 1.54) is 11.1 Å². The standard InChI is InChI=1S/C31H38N6/c1-9-11-15-26(14-10-2)37-24(5)29(23(4)34-37)31(7,8)36-19-18-35(20-22(3)21-36)30-27-16-12-13-17-28(27)32-25(6)33-30/h9-20H,21H2,1-8H3/b11-9-,14-10-,26-15+. The van der Waals surface area contributed by atoms with Crippen LogP contribution in [0.5, 0.6) is 0 Å². The zero-order valence-electron chi connectivity index (χ0n) is 23.3. The molecular weight excluding hydrogens is 456 g/mol. The molecule has 0 atom stereocenters. The van der Waals surface area contributed by atoms with Crippen LogP contribution >= 0.6 is 0 Å². The Morgan fingerprint density at radius 3 is 2.46 bits per heavy atom. The Bertz CT molecular complexity index is 1450. The van der Waals surface area contributed by atoms with Crippen molar-refractivity contribution in [1.82, 2.24) is 24.6 Å². The molecule has 0 N–H and O–H groups in total. The molecule has 192 valence electrons. The molecule has 6 heteroatoms. The summed E-state index contributed by atoms with van der Waals surface area (Å²) in [5, 5.41) is 6.00. The van der Waals surface area contributed by atoms with Crippen LogP contribution in [-0.4, -0.2) is 31.2 Å². The number of hydrogen-bond acceptors (Lipinski definition) is 5. The van der Waals surface area contributed by atoms with E-state index < -0.39 is 0 Å². The molecule has 0 aliphatic carbocycles. The molecule has 4 rings (SSSR count). The SMILES string of the molecule is C\C=C/C=C(\C=C/C)n1nc(C)c(C(C)(C)N2C=CN(c3nc(C)nc4ccccc34)C=C(C)C2)c1C. The smallest absolute Gasteiger partial charge is 0.148 e. The van der Waals surface area contributed by atoms with Gasteiger partial charge in [-0.15, -0.1) is 0 Å². The summed E-state index contributed by atoms with van der Waals surface area (Å²) in [7, 11) is 0. The zero-order valence-corrected chi connectivity index (χ0v) is 23.3. The topological polar surface area (TPSA) is 50.1 Å². The zero-order chi connectivity index (χ0) is 26.7. The van der Waals surface area contributed by atoms with Crippen LogP contribution in [-0.2, 0) is 5.54 Å². The van der Waals surface area contributed by atoms with Crippen LogP contribution in [0.4, 0.5) is 5.82 Å². The number of benzene rings is 1. The number of aryl methyl sites for hydroxylation is 2. The van der Waals surface area contributed by atoms with Crippen molar-refractivity contribution < 1.29 is 0 Å². The first-order valence-electron chi connectivity index (χ1n) is 12.8. The molecule has 0 unspecified atom stereocenters. The molecular formula is C31H38N6. The summed E-state index contributed by atoms with van der Waals surface area (Å²) in [6, 6.07) is 8.17. The Morgan fingerprint density at radius 1 is 0.973 bits per heavy atom. The summed E-state index contributed by atoms with van der Waals surface area (Å²) in [6.07, 6.45) is 16.8. The van der Waals surface area contributed by atoms with E-state index in [-0.39, 0.29) is 5.54 Å². The van der Waals surface area contributed by atoms with Crippen LogP contribution in [0.3, 0.4) is 0 Å². The number of hydrogen-bond donors (Lipinski definition) is 0. The lowest BCUT2D eigenvalue weighted by molar-refractivity contribution is 0.199. The number of allylic oxidation sites excluding steroid dienone is 6. The lowest BCUT2D eigenvalue weighted by Crippen LogP contribution is -2.39. The normalized spacial score (nSPS) is 15.4. The van der Waals surface area contributed by atoms with Gasteiger partial charge < -0.3 is 9.80 Å². The minimum absolute atomic E-state index is 0.292. The molecule has 3 heterocycles. The van der Waals surface area contributed by atoms with Crippen molar-refractivity contribution in [3.8, 4) is 0 Å². The van der Waals surface area contributed by atoms with Crippen LogP contribution < -0.4 is 4.90 Å². The molecule has 1 aliphatic rings. The van der Waals surface area contributed by atoms with Gasteiger partial charge in [0.15, 0.2) is 0 Å². The second-order valence-corrected chi connectivity index (χ2v) is 10.1. The van der Waals surface area contributed by atoms with Crippen molar-refractivity contribution in [2.75, 3.05) is 11.4 Å². The maximum atomic E-state index is 4.96. The first kappa shape index (κ1) is 26.1. The molecule has 0 amide bonds.